The highest BCUT2D eigenvalue weighted by atomic mass is 16.2. The van der Waals surface area contributed by atoms with E-state index in [4.69, 9.17) is 0 Å². The molecule has 0 aromatic carbocycles. The van der Waals surface area contributed by atoms with Crippen molar-refractivity contribution in [3.05, 3.63) is 0 Å². The Morgan fingerprint density at radius 3 is 0.744 bits per heavy atom. The molecule has 0 fully saturated rings. The third-order valence-electron chi connectivity index (χ3n) is 10.00. The second-order valence-corrected chi connectivity index (χ2v) is 14.2. The minimum atomic E-state index is -0.952. The highest BCUT2D eigenvalue weighted by molar-refractivity contribution is 6.11. The Labute approximate surface area is 271 Å². The van der Waals surface area contributed by atoms with E-state index in [1.807, 2.05) is 25.9 Å². The van der Waals surface area contributed by atoms with Gasteiger partial charge in [0.25, 0.3) is 0 Å². The van der Waals surface area contributed by atoms with Crippen LogP contribution in [0.15, 0.2) is 0 Å². The summed E-state index contributed by atoms with van der Waals surface area (Å²) >= 11 is 0. The van der Waals surface area contributed by atoms with Gasteiger partial charge in [0.2, 0.25) is 0 Å². The first-order valence-corrected chi connectivity index (χ1v) is 19.6. The average molecular weight is 606 g/mol. The molecule has 0 saturated carbocycles. The molecule has 0 aromatic heterocycles. The molecule has 256 valence electrons. The maximum Gasteiger partial charge on any atom is 0.160 e. The summed E-state index contributed by atoms with van der Waals surface area (Å²) in [5.74, 6) is 0.247. The quantitative estimate of drug-likeness (QED) is 0.0532. The van der Waals surface area contributed by atoms with Gasteiger partial charge < -0.3 is 0 Å². The van der Waals surface area contributed by atoms with Crippen molar-refractivity contribution < 1.29 is 9.59 Å². The number of hydrogen-bond acceptors (Lipinski definition) is 3. The third kappa shape index (κ3) is 24.2. The number of Topliss-reactive ketones (excluding diaryl/α,β-unsaturated/α-hetero) is 2. The predicted octanol–water partition coefficient (Wildman–Crippen LogP) is 13.0. The molecule has 0 amide bonds. The lowest BCUT2D eigenvalue weighted by Gasteiger charge is -2.33. The molecule has 3 heteroatoms. The van der Waals surface area contributed by atoms with E-state index < -0.39 is 5.54 Å². The average Bonchev–Trinajstić information content (AvgIpc) is 3.00. The zero-order valence-electron chi connectivity index (χ0n) is 30.4. The Bertz CT molecular complexity index is 568. The topological polar surface area (TPSA) is 37.4 Å². The molecule has 0 radical (unpaired) electrons. The summed E-state index contributed by atoms with van der Waals surface area (Å²) in [6.07, 6.45) is 40.8. The van der Waals surface area contributed by atoms with Crippen LogP contribution >= 0.6 is 0 Å². The van der Waals surface area contributed by atoms with Gasteiger partial charge in [0.05, 0.1) is 0 Å². The minimum Gasteiger partial charge on any atom is -0.297 e. The second-order valence-electron chi connectivity index (χ2n) is 14.2. The largest absolute Gasteiger partial charge is 0.297 e. The summed E-state index contributed by atoms with van der Waals surface area (Å²) < 4.78 is 0. The van der Waals surface area contributed by atoms with E-state index in [1.165, 1.54) is 167 Å². The SMILES string of the molecule is CCCCCCCCCCCCCCCCCC(=O)C(C)(C(=O)CCCCCCCCCCCCCCCCC)N(C)C. The Balaban J connectivity index is 3.80. The Hall–Kier alpha value is -0.700. The fourth-order valence-electron chi connectivity index (χ4n) is 6.45. The van der Waals surface area contributed by atoms with Crippen LogP contribution in [0.4, 0.5) is 0 Å². The fraction of sp³-hybridized carbons (Fsp3) is 0.950. The minimum absolute atomic E-state index is 0.123. The number of rotatable bonds is 35. The lowest BCUT2D eigenvalue weighted by Crippen LogP contribution is -2.54. The Morgan fingerprint density at radius 1 is 0.372 bits per heavy atom. The van der Waals surface area contributed by atoms with Crippen molar-refractivity contribution in [2.45, 2.75) is 232 Å². The van der Waals surface area contributed by atoms with Crippen molar-refractivity contribution >= 4 is 11.6 Å². The molecule has 0 bridgehead atoms. The maximum atomic E-state index is 13.2. The van der Waals surface area contributed by atoms with Crippen molar-refractivity contribution in [2.75, 3.05) is 14.1 Å². The molecule has 0 unspecified atom stereocenters. The summed E-state index contributed by atoms with van der Waals surface area (Å²) in [6.45, 7) is 6.44. The molecule has 0 N–H and O–H groups in total. The van der Waals surface area contributed by atoms with Gasteiger partial charge in [-0.1, -0.05) is 194 Å². The van der Waals surface area contributed by atoms with E-state index in [1.54, 1.807) is 0 Å². The highest BCUT2D eigenvalue weighted by Crippen LogP contribution is 2.23. The molecule has 0 aromatic rings. The van der Waals surface area contributed by atoms with Crippen molar-refractivity contribution in [3.63, 3.8) is 0 Å². The summed E-state index contributed by atoms with van der Waals surface area (Å²) in [7, 11) is 3.80. The lowest BCUT2D eigenvalue weighted by atomic mass is 9.84. The van der Waals surface area contributed by atoms with Gasteiger partial charge in [-0.2, -0.15) is 0 Å². The second kappa shape index (κ2) is 31.3. The molecule has 0 rings (SSSR count). The van der Waals surface area contributed by atoms with Crippen LogP contribution in [0.2, 0.25) is 0 Å². The molecular weight excluding hydrogens is 526 g/mol. The highest BCUT2D eigenvalue weighted by Gasteiger charge is 2.41. The van der Waals surface area contributed by atoms with Gasteiger partial charge in [0.15, 0.2) is 11.6 Å². The van der Waals surface area contributed by atoms with Crippen LogP contribution in [0.25, 0.3) is 0 Å². The van der Waals surface area contributed by atoms with Crippen molar-refractivity contribution in [1.29, 1.82) is 0 Å². The number of carbonyl (C=O) groups excluding carboxylic acids is 2. The molecule has 0 aliphatic heterocycles. The summed E-state index contributed by atoms with van der Waals surface area (Å²) in [4.78, 5) is 28.2. The summed E-state index contributed by atoms with van der Waals surface area (Å²) in [5, 5.41) is 0. The van der Waals surface area contributed by atoms with Crippen LogP contribution < -0.4 is 0 Å². The maximum absolute atomic E-state index is 13.2. The van der Waals surface area contributed by atoms with Gasteiger partial charge >= 0.3 is 0 Å². The van der Waals surface area contributed by atoms with Gasteiger partial charge in [-0.3, -0.25) is 14.5 Å². The number of unbranched alkanes of at least 4 members (excludes halogenated alkanes) is 28. The van der Waals surface area contributed by atoms with Crippen LogP contribution in [0.5, 0.6) is 0 Å². The summed E-state index contributed by atoms with van der Waals surface area (Å²) in [6, 6.07) is 0. The van der Waals surface area contributed by atoms with Crippen LogP contribution in [0.3, 0.4) is 0 Å². The van der Waals surface area contributed by atoms with E-state index in [9.17, 15) is 9.59 Å². The van der Waals surface area contributed by atoms with Gasteiger partial charge in [0, 0.05) is 12.8 Å². The Kier molecular flexibility index (Phi) is 30.8. The summed E-state index contributed by atoms with van der Waals surface area (Å²) in [5.41, 5.74) is -0.952. The van der Waals surface area contributed by atoms with E-state index in [0.29, 0.717) is 12.8 Å². The number of likely N-dealkylation sites (N-methyl/N-ethyl adjacent to an activating group) is 1. The molecule has 3 nitrogen and oxygen atoms in total. The number of carbonyl (C=O) groups is 2. The number of nitrogens with zero attached hydrogens (tertiary/aromatic N) is 1. The normalized spacial score (nSPS) is 12.0. The van der Waals surface area contributed by atoms with Crippen molar-refractivity contribution in [1.82, 2.24) is 4.90 Å². The van der Waals surface area contributed by atoms with Crippen LogP contribution in [0.1, 0.15) is 226 Å². The van der Waals surface area contributed by atoms with E-state index in [2.05, 4.69) is 13.8 Å². The number of hydrogen-bond donors (Lipinski definition) is 0. The van der Waals surface area contributed by atoms with E-state index in [-0.39, 0.29) is 11.6 Å². The van der Waals surface area contributed by atoms with Gasteiger partial charge in [-0.05, 0) is 33.9 Å². The zero-order valence-corrected chi connectivity index (χ0v) is 30.4. The van der Waals surface area contributed by atoms with E-state index >= 15 is 0 Å². The van der Waals surface area contributed by atoms with Crippen molar-refractivity contribution in [2.24, 2.45) is 0 Å². The molecule has 0 aliphatic rings. The standard InChI is InChI=1S/C40H79NO2/c1-6-8-10-12-14-16-18-20-22-24-26-28-30-32-34-36-38(42)40(3,41(4)5)39(43)37-35-33-31-29-27-25-23-21-19-17-15-13-11-9-7-2/h6-37H2,1-5H3. The van der Waals surface area contributed by atoms with Gasteiger partial charge in [-0.15, -0.1) is 0 Å². The molecule has 0 saturated heterocycles. The molecule has 0 aliphatic carbocycles. The number of ketones is 2. The van der Waals surface area contributed by atoms with Crippen LogP contribution in [0, 0.1) is 0 Å². The molecular formula is C40H79NO2. The van der Waals surface area contributed by atoms with E-state index in [0.717, 1.165) is 25.7 Å². The van der Waals surface area contributed by atoms with Gasteiger partial charge in [0.1, 0.15) is 5.54 Å². The smallest absolute Gasteiger partial charge is 0.160 e. The molecule has 0 spiro atoms. The third-order valence-corrected chi connectivity index (χ3v) is 10.00. The van der Waals surface area contributed by atoms with Crippen molar-refractivity contribution in [3.8, 4) is 0 Å². The van der Waals surface area contributed by atoms with Crippen LogP contribution in [-0.4, -0.2) is 36.1 Å². The van der Waals surface area contributed by atoms with Crippen LogP contribution in [-0.2, 0) is 9.59 Å². The first-order chi connectivity index (χ1) is 20.9. The fourth-order valence-corrected chi connectivity index (χ4v) is 6.45. The molecule has 0 atom stereocenters. The monoisotopic (exact) mass is 606 g/mol. The molecule has 0 heterocycles. The lowest BCUT2D eigenvalue weighted by molar-refractivity contribution is -0.141. The van der Waals surface area contributed by atoms with Gasteiger partial charge in [-0.25, -0.2) is 0 Å². The first-order valence-electron chi connectivity index (χ1n) is 19.6. The molecule has 43 heavy (non-hydrogen) atoms. The predicted molar refractivity (Wildman–Crippen MR) is 191 cm³/mol. The first kappa shape index (κ1) is 42.3. The zero-order chi connectivity index (χ0) is 31.9. The Morgan fingerprint density at radius 2 is 0.558 bits per heavy atom.